The summed E-state index contributed by atoms with van der Waals surface area (Å²) < 4.78 is 14.9. The molecule has 0 saturated heterocycles. The number of aromatic nitrogens is 1. The molecule has 1 aromatic heterocycles. The summed E-state index contributed by atoms with van der Waals surface area (Å²) in [5.41, 5.74) is 2.40. The van der Waals surface area contributed by atoms with E-state index in [0.717, 1.165) is 18.5 Å². The summed E-state index contributed by atoms with van der Waals surface area (Å²) in [5, 5.41) is 3.29. The van der Waals surface area contributed by atoms with Crippen LogP contribution in [0, 0.1) is 5.82 Å². The standard InChI is InChI=1S/C15H19FN2/c1-3-15(17-2)13-8-9-18(11-13)10-12-4-6-14(16)7-5-12/h4-9,11,15,17H,3,10H2,1-2H3. The zero-order chi connectivity index (χ0) is 13.0. The Morgan fingerprint density at radius 3 is 2.56 bits per heavy atom. The van der Waals surface area contributed by atoms with Crippen molar-refractivity contribution < 1.29 is 4.39 Å². The molecule has 96 valence electrons. The fourth-order valence-electron chi connectivity index (χ4n) is 2.17. The highest BCUT2D eigenvalue weighted by Gasteiger charge is 2.07. The van der Waals surface area contributed by atoms with Gasteiger partial charge in [0.15, 0.2) is 0 Å². The van der Waals surface area contributed by atoms with Crippen LogP contribution >= 0.6 is 0 Å². The average Bonchev–Trinajstić information content (AvgIpc) is 2.82. The first-order chi connectivity index (χ1) is 8.72. The summed E-state index contributed by atoms with van der Waals surface area (Å²) in [4.78, 5) is 0. The molecular formula is C15H19FN2. The van der Waals surface area contributed by atoms with E-state index in [1.54, 1.807) is 0 Å². The van der Waals surface area contributed by atoms with Crippen molar-refractivity contribution in [2.24, 2.45) is 0 Å². The number of hydrogen-bond acceptors (Lipinski definition) is 1. The highest BCUT2D eigenvalue weighted by Crippen LogP contribution is 2.17. The first kappa shape index (κ1) is 12.8. The van der Waals surface area contributed by atoms with Crippen LogP contribution in [-0.4, -0.2) is 11.6 Å². The summed E-state index contributed by atoms with van der Waals surface area (Å²) in [6.07, 6.45) is 5.28. The lowest BCUT2D eigenvalue weighted by atomic mass is 10.1. The first-order valence-electron chi connectivity index (χ1n) is 6.30. The average molecular weight is 246 g/mol. The molecule has 2 nitrogen and oxygen atoms in total. The molecule has 18 heavy (non-hydrogen) atoms. The van der Waals surface area contributed by atoms with E-state index in [1.807, 2.05) is 19.2 Å². The van der Waals surface area contributed by atoms with Gasteiger partial charge in [-0.25, -0.2) is 4.39 Å². The van der Waals surface area contributed by atoms with E-state index >= 15 is 0 Å². The Hall–Kier alpha value is -1.61. The lowest BCUT2D eigenvalue weighted by Gasteiger charge is -2.11. The Bertz CT molecular complexity index is 483. The van der Waals surface area contributed by atoms with Crippen LogP contribution in [0.3, 0.4) is 0 Å². The molecule has 0 fully saturated rings. The zero-order valence-electron chi connectivity index (χ0n) is 10.9. The minimum Gasteiger partial charge on any atom is -0.350 e. The van der Waals surface area contributed by atoms with Crippen LogP contribution in [0.4, 0.5) is 4.39 Å². The van der Waals surface area contributed by atoms with E-state index in [0.29, 0.717) is 6.04 Å². The third-order valence-electron chi connectivity index (χ3n) is 3.21. The van der Waals surface area contributed by atoms with Crippen molar-refractivity contribution >= 4 is 0 Å². The molecular weight excluding hydrogens is 227 g/mol. The molecule has 0 aliphatic heterocycles. The van der Waals surface area contributed by atoms with Gasteiger partial charge in [-0.15, -0.1) is 0 Å². The maximum absolute atomic E-state index is 12.8. The van der Waals surface area contributed by atoms with Gasteiger partial charge in [0.1, 0.15) is 5.82 Å². The molecule has 1 aromatic carbocycles. The van der Waals surface area contributed by atoms with Crippen LogP contribution in [0.15, 0.2) is 42.7 Å². The van der Waals surface area contributed by atoms with Gasteiger partial charge < -0.3 is 9.88 Å². The van der Waals surface area contributed by atoms with Crippen molar-refractivity contribution in [3.05, 3.63) is 59.7 Å². The summed E-state index contributed by atoms with van der Waals surface area (Å²) in [7, 11) is 1.98. The smallest absolute Gasteiger partial charge is 0.123 e. The number of nitrogens with zero attached hydrogens (tertiary/aromatic N) is 1. The van der Waals surface area contributed by atoms with Gasteiger partial charge in [-0.3, -0.25) is 0 Å². The van der Waals surface area contributed by atoms with Crippen molar-refractivity contribution in [3.63, 3.8) is 0 Å². The molecule has 2 rings (SSSR count). The minimum absolute atomic E-state index is 0.187. The zero-order valence-corrected chi connectivity index (χ0v) is 10.9. The predicted octanol–water partition coefficient (Wildman–Crippen LogP) is 3.35. The van der Waals surface area contributed by atoms with Crippen LogP contribution in [0.1, 0.15) is 30.5 Å². The Morgan fingerprint density at radius 1 is 1.22 bits per heavy atom. The van der Waals surface area contributed by atoms with Gasteiger partial charge in [-0.1, -0.05) is 19.1 Å². The Labute approximate surface area is 107 Å². The molecule has 0 amide bonds. The van der Waals surface area contributed by atoms with Gasteiger partial charge in [-0.05, 0) is 42.8 Å². The SMILES string of the molecule is CCC(NC)c1ccn(Cc2ccc(F)cc2)c1. The van der Waals surface area contributed by atoms with Gasteiger partial charge >= 0.3 is 0 Å². The monoisotopic (exact) mass is 246 g/mol. The molecule has 0 aliphatic rings. The lowest BCUT2D eigenvalue weighted by molar-refractivity contribution is 0.575. The second kappa shape index (κ2) is 5.83. The van der Waals surface area contributed by atoms with Crippen molar-refractivity contribution in [2.45, 2.75) is 25.9 Å². The first-order valence-corrected chi connectivity index (χ1v) is 6.30. The third kappa shape index (κ3) is 2.99. The molecule has 0 spiro atoms. The highest BCUT2D eigenvalue weighted by atomic mass is 19.1. The maximum atomic E-state index is 12.8. The molecule has 0 radical (unpaired) electrons. The lowest BCUT2D eigenvalue weighted by Crippen LogP contribution is -2.14. The topological polar surface area (TPSA) is 17.0 Å². The number of hydrogen-bond donors (Lipinski definition) is 1. The van der Waals surface area contributed by atoms with Crippen LogP contribution in [0.5, 0.6) is 0 Å². The molecule has 0 aliphatic carbocycles. The molecule has 1 atom stereocenters. The Balaban J connectivity index is 2.08. The van der Waals surface area contributed by atoms with Gasteiger partial charge in [0.2, 0.25) is 0 Å². The molecule has 3 heteroatoms. The van der Waals surface area contributed by atoms with Crippen molar-refractivity contribution in [3.8, 4) is 0 Å². The molecule has 1 unspecified atom stereocenters. The van der Waals surface area contributed by atoms with E-state index < -0.39 is 0 Å². The number of nitrogens with one attached hydrogen (secondary N) is 1. The summed E-state index contributed by atoms with van der Waals surface area (Å²) in [6, 6.07) is 9.19. The van der Waals surface area contributed by atoms with Gasteiger partial charge in [0.25, 0.3) is 0 Å². The van der Waals surface area contributed by atoms with Crippen LogP contribution in [0.25, 0.3) is 0 Å². The molecule has 0 saturated carbocycles. The van der Waals surface area contributed by atoms with Crippen molar-refractivity contribution in [2.75, 3.05) is 7.05 Å². The van der Waals surface area contributed by atoms with Crippen LogP contribution in [-0.2, 0) is 6.54 Å². The number of halogens is 1. The molecule has 0 bridgehead atoms. The van der Waals surface area contributed by atoms with E-state index in [4.69, 9.17) is 0 Å². The second-order valence-electron chi connectivity index (χ2n) is 4.49. The third-order valence-corrected chi connectivity index (χ3v) is 3.21. The Morgan fingerprint density at radius 2 is 1.94 bits per heavy atom. The summed E-state index contributed by atoms with van der Waals surface area (Å²) in [5.74, 6) is -0.187. The fraction of sp³-hybridized carbons (Fsp3) is 0.333. The van der Waals surface area contributed by atoms with E-state index in [9.17, 15) is 4.39 Å². The molecule has 1 N–H and O–H groups in total. The Kier molecular flexibility index (Phi) is 4.15. The normalized spacial score (nSPS) is 12.6. The van der Waals surface area contributed by atoms with Gasteiger partial charge in [0.05, 0.1) is 0 Å². The summed E-state index contributed by atoms with van der Waals surface area (Å²) >= 11 is 0. The van der Waals surface area contributed by atoms with Crippen molar-refractivity contribution in [1.82, 2.24) is 9.88 Å². The van der Waals surface area contributed by atoms with Crippen LogP contribution in [0.2, 0.25) is 0 Å². The van der Waals surface area contributed by atoms with E-state index in [-0.39, 0.29) is 5.82 Å². The maximum Gasteiger partial charge on any atom is 0.123 e. The van der Waals surface area contributed by atoms with Gasteiger partial charge in [-0.2, -0.15) is 0 Å². The van der Waals surface area contributed by atoms with E-state index in [1.165, 1.54) is 17.7 Å². The largest absolute Gasteiger partial charge is 0.350 e. The number of benzene rings is 1. The fourth-order valence-corrected chi connectivity index (χ4v) is 2.17. The molecule has 1 heterocycles. The summed E-state index contributed by atoms with van der Waals surface area (Å²) in [6.45, 7) is 2.94. The number of rotatable bonds is 5. The molecule has 2 aromatic rings. The van der Waals surface area contributed by atoms with E-state index in [2.05, 4.69) is 35.3 Å². The quantitative estimate of drug-likeness (QED) is 0.856. The van der Waals surface area contributed by atoms with Crippen LogP contribution < -0.4 is 5.32 Å². The minimum atomic E-state index is -0.187. The second-order valence-corrected chi connectivity index (χ2v) is 4.49. The highest BCUT2D eigenvalue weighted by molar-refractivity contribution is 5.20. The predicted molar refractivity (Wildman–Crippen MR) is 72.0 cm³/mol. The van der Waals surface area contributed by atoms with Crippen molar-refractivity contribution in [1.29, 1.82) is 0 Å². The van der Waals surface area contributed by atoms with Gasteiger partial charge in [0, 0.05) is 25.0 Å².